The monoisotopic (exact) mass is 330 g/mol. The lowest BCUT2D eigenvalue weighted by molar-refractivity contribution is 0.966. The zero-order valence-corrected chi connectivity index (χ0v) is 15.4. The summed E-state index contributed by atoms with van der Waals surface area (Å²) in [5.41, 5.74) is 22.4. The van der Waals surface area contributed by atoms with E-state index in [1.807, 2.05) is 0 Å². The maximum absolute atomic E-state index is 6.18. The maximum atomic E-state index is 6.18. The molecule has 0 unspecified atom stereocenters. The number of nitrogens with two attached hydrogens (primary N) is 2. The molecule has 3 aromatic carbocycles. The molecule has 0 bridgehead atoms. The first kappa shape index (κ1) is 17.1. The van der Waals surface area contributed by atoms with Crippen molar-refractivity contribution in [3.8, 4) is 0 Å². The van der Waals surface area contributed by atoms with Gasteiger partial charge in [0.05, 0.1) is 0 Å². The summed E-state index contributed by atoms with van der Waals surface area (Å²) in [6, 6.07) is 19.5. The van der Waals surface area contributed by atoms with Crippen LogP contribution in [0.1, 0.15) is 44.9 Å². The first-order valence-corrected chi connectivity index (χ1v) is 8.66. The fourth-order valence-electron chi connectivity index (χ4n) is 3.57. The Morgan fingerprint density at radius 3 is 1.28 bits per heavy atom. The summed E-state index contributed by atoms with van der Waals surface area (Å²) < 4.78 is 0. The van der Waals surface area contributed by atoms with Gasteiger partial charge in [-0.1, -0.05) is 54.6 Å². The highest BCUT2D eigenvalue weighted by Crippen LogP contribution is 2.36. The van der Waals surface area contributed by atoms with Crippen molar-refractivity contribution in [1.29, 1.82) is 0 Å². The Kier molecular flexibility index (Phi) is 4.54. The molecule has 0 radical (unpaired) electrons. The molecule has 0 aromatic heterocycles. The number of hydrogen-bond acceptors (Lipinski definition) is 2. The Morgan fingerprint density at radius 2 is 0.920 bits per heavy atom. The Balaban J connectivity index is 2.25. The lowest BCUT2D eigenvalue weighted by Gasteiger charge is -2.22. The topological polar surface area (TPSA) is 52.0 Å². The molecule has 0 aliphatic carbocycles. The average molecular weight is 330 g/mol. The second-order valence-corrected chi connectivity index (χ2v) is 6.98. The van der Waals surface area contributed by atoms with Crippen molar-refractivity contribution < 1.29 is 0 Å². The third-order valence-corrected chi connectivity index (χ3v) is 5.03. The van der Waals surface area contributed by atoms with Crippen LogP contribution >= 0.6 is 0 Å². The highest BCUT2D eigenvalue weighted by atomic mass is 14.6. The molecule has 0 aliphatic heterocycles. The predicted octanol–water partition coefficient (Wildman–Crippen LogP) is 5.26. The largest absolute Gasteiger partial charge is 0.398 e. The van der Waals surface area contributed by atoms with Gasteiger partial charge in [-0.05, 0) is 66.6 Å². The molecule has 2 nitrogen and oxygen atoms in total. The summed E-state index contributed by atoms with van der Waals surface area (Å²) in [6.07, 6.45) is 0. The van der Waals surface area contributed by atoms with Gasteiger partial charge in [0, 0.05) is 17.3 Å². The summed E-state index contributed by atoms with van der Waals surface area (Å²) in [5, 5.41) is 0. The number of rotatable bonds is 3. The SMILES string of the molecule is Cc1cc(C(c2ccccc2)c2cc(C)c(N)c(C)c2)cc(C)c1N. The van der Waals surface area contributed by atoms with Crippen molar-refractivity contribution in [1.82, 2.24) is 0 Å². The van der Waals surface area contributed by atoms with Crippen molar-refractivity contribution in [3.63, 3.8) is 0 Å². The van der Waals surface area contributed by atoms with Crippen molar-refractivity contribution >= 4 is 11.4 Å². The van der Waals surface area contributed by atoms with Crippen molar-refractivity contribution in [2.45, 2.75) is 33.6 Å². The van der Waals surface area contributed by atoms with Crippen LogP contribution in [0.15, 0.2) is 54.6 Å². The summed E-state index contributed by atoms with van der Waals surface area (Å²) in [4.78, 5) is 0. The first-order chi connectivity index (χ1) is 11.9. The highest BCUT2D eigenvalue weighted by molar-refractivity contribution is 5.60. The van der Waals surface area contributed by atoms with E-state index in [2.05, 4.69) is 82.3 Å². The van der Waals surface area contributed by atoms with E-state index >= 15 is 0 Å². The van der Waals surface area contributed by atoms with Gasteiger partial charge in [-0.25, -0.2) is 0 Å². The molecular weight excluding hydrogens is 304 g/mol. The van der Waals surface area contributed by atoms with Crippen LogP contribution < -0.4 is 11.5 Å². The van der Waals surface area contributed by atoms with Crippen LogP contribution in [0.4, 0.5) is 11.4 Å². The van der Waals surface area contributed by atoms with Gasteiger partial charge in [0.15, 0.2) is 0 Å². The Bertz CT molecular complexity index is 807. The van der Waals surface area contributed by atoms with Crippen LogP contribution in [0, 0.1) is 27.7 Å². The fourth-order valence-corrected chi connectivity index (χ4v) is 3.57. The minimum Gasteiger partial charge on any atom is -0.398 e. The van der Waals surface area contributed by atoms with Crippen LogP contribution in [-0.2, 0) is 0 Å². The van der Waals surface area contributed by atoms with Crippen molar-refractivity contribution in [3.05, 3.63) is 93.5 Å². The standard InChI is InChI=1S/C23H26N2/c1-14-10-19(11-15(2)22(14)24)21(18-8-6-5-7-9-18)20-12-16(3)23(25)17(4)13-20/h5-13,21H,24-25H2,1-4H3. The van der Waals surface area contributed by atoms with Gasteiger partial charge in [-0.2, -0.15) is 0 Å². The minimum absolute atomic E-state index is 0.164. The van der Waals surface area contributed by atoms with Gasteiger partial charge < -0.3 is 11.5 Å². The van der Waals surface area contributed by atoms with E-state index in [0.717, 1.165) is 33.6 Å². The number of aryl methyl sites for hydroxylation is 4. The summed E-state index contributed by atoms with van der Waals surface area (Å²) in [5.74, 6) is 0.164. The lowest BCUT2D eigenvalue weighted by atomic mass is 9.82. The third kappa shape index (κ3) is 3.25. The van der Waals surface area contributed by atoms with E-state index in [9.17, 15) is 0 Å². The normalized spacial score (nSPS) is 11.1. The quantitative estimate of drug-likeness (QED) is 0.508. The van der Waals surface area contributed by atoms with Crippen LogP contribution in [0.5, 0.6) is 0 Å². The molecule has 0 spiro atoms. The highest BCUT2D eigenvalue weighted by Gasteiger charge is 2.19. The summed E-state index contributed by atoms with van der Waals surface area (Å²) in [7, 11) is 0. The first-order valence-electron chi connectivity index (χ1n) is 8.66. The molecule has 25 heavy (non-hydrogen) atoms. The zero-order valence-electron chi connectivity index (χ0n) is 15.4. The molecule has 0 saturated carbocycles. The Labute approximate surface area is 150 Å². The van der Waals surface area contributed by atoms with E-state index in [0.29, 0.717) is 0 Å². The molecule has 128 valence electrons. The van der Waals surface area contributed by atoms with Gasteiger partial charge in [0.25, 0.3) is 0 Å². The lowest BCUT2D eigenvalue weighted by Crippen LogP contribution is -2.07. The second kappa shape index (κ2) is 6.64. The fraction of sp³-hybridized carbons (Fsp3) is 0.217. The molecule has 0 fully saturated rings. The third-order valence-electron chi connectivity index (χ3n) is 5.03. The number of hydrogen-bond donors (Lipinski definition) is 2. The second-order valence-electron chi connectivity index (χ2n) is 6.98. The smallest absolute Gasteiger partial charge is 0.0373 e. The molecule has 0 amide bonds. The summed E-state index contributed by atoms with van der Waals surface area (Å²) >= 11 is 0. The van der Waals surface area contributed by atoms with Crippen LogP contribution in [0.2, 0.25) is 0 Å². The van der Waals surface area contributed by atoms with E-state index in [1.165, 1.54) is 16.7 Å². The number of benzene rings is 3. The van der Waals surface area contributed by atoms with E-state index in [1.54, 1.807) is 0 Å². The molecule has 0 atom stereocenters. The molecule has 0 saturated heterocycles. The van der Waals surface area contributed by atoms with Crippen molar-refractivity contribution in [2.24, 2.45) is 0 Å². The van der Waals surface area contributed by atoms with Gasteiger partial charge in [0.2, 0.25) is 0 Å². The average Bonchev–Trinajstić information content (AvgIpc) is 2.58. The minimum atomic E-state index is 0.164. The van der Waals surface area contributed by atoms with Crippen molar-refractivity contribution in [2.75, 3.05) is 11.5 Å². The van der Waals surface area contributed by atoms with Crippen LogP contribution in [0.3, 0.4) is 0 Å². The predicted molar refractivity (Wildman–Crippen MR) is 108 cm³/mol. The van der Waals surface area contributed by atoms with E-state index in [-0.39, 0.29) is 5.92 Å². The maximum Gasteiger partial charge on any atom is 0.0373 e. The molecule has 4 N–H and O–H groups in total. The van der Waals surface area contributed by atoms with Gasteiger partial charge in [0.1, 0.15) is 0 Å². The van der Waals surface area contributed by atoms with E-state index in [4.69, 9.17) is 11.5 Å². The van der Waals surface area contributed by atoms with Gasteiger partial charge in [-0.15, -0.1) is 0 Å². The zero-order chi connectivity index (χ0) is 18.1. The van der Waals surface area contributed by atoms with Gasteiger partial charge >= 0.3 is 0 Å². The Morgan fingerprint density at radius 1 is 0.560 bits per heavy atom. The van der Waals surface area contributed by atoms with Gasteiger partial charge in [-0.3, -0.25) is 0 Å². The number of nitrogen functional groups attached to an aromatic ring is 2. The molecule has 0 aliphatic rings. The van der Waals surface area contributed by atoms with Crippen LogP contribution in [-0.4, -0.2) is 0 Å². The molecule has 0 heterocycles. The molecule has 3 aromatic rings. The molecule has 3 rings (SSSR count). The van der Waals surface area contributed by atoms with Crippen LogP contribution in [0.25, 0.3) is 0 Å². The van der Waals surface area contributed by atoms with E-state index < -0.39 is 0 Å². The Hall–Kier alpha value is -2.74. The molecule has 2 heteroatoms. The molecular formula is C23H26N2. The number of anilines is 2. The summed E-state index contributed by atoms with van der Waals surface area (Å²) in [6.45, 7) is 8.31.